The first-order valence-electron chi connectivity index (χ1n) is 7.97. The molecule has 0 saturated carbocycles. The highest BCUT2D eigenvalue weighted by Crippen LogP contribution is 2.19. The van der Waals surface area contributed by atoms with Crippen molar-refractivity contribution in [1.29, 1.82) is 0 Å². The van der Waals surface area contributed by atoms with Gasteiger partial charge >= 0.3 is 6.03 Å². The Hall–Kier alpha value is -3.28. The number of para-hydroxylation sites is 1. The molecule has 1 atom stereocenters. The van der Waals surface area contributed by atoms with Crippen molar-refractivity contribution in [3.63, 3.8) is 0 Å². The van der Waals surface area contributed by atoms with Gasteiger partial charge in [-0.15, -0.1) is 0 Å². The van der Waals surface area contributed by atoms with E-state index in [4.69, 9.17) is 0 Å². The number of H-pyrrole nitrogens is 1. The van der Waals surface area contributed by atoms with Crippen LogP contribution in [-0.2, 0) is 17.8 Å². The molecule has 0 unspecified atom stereocenters. The molecule has 0 bridgehead atoms. The number of aliphatic carboxylic acids is 1. The van der Waals surface area contributed by atoms with Crippen molar-refractivity contribution in [3.8, 4) is 0 Å². The maximum Gasteiger partial charge on any atom is 0.315 e. The van der Waals surface area contributed by atoms with Crippen LogP contribution in [0.1, 0.15) is 11.1 Å². The van der Waals surface area contributed by atoms with Crippen LogP contribution in [0.2, 0.25) is 0 Å². The third kappa shape index (κ3) is 4.17. The summed E-state index contributed by atoms with van der Waals surface area (Å²) < 4.78 is 0. The number of rotatable bonds is 6. The van der Waals surface area contributed by atoms with Crippen LogP contribution in [0, 0.1) is 0 Å². The summed E-state index contributed by atoms with van der Waals surface area (Å²) in [6, 6.07) is 15.3. The number of aromatic nitrogens is 1. The van der Waals surface area contributed by atoms with Crippen molar-refractivity contribution in [1.82, 2.24) is 15.6 Å². The van der Waals surface area contributed by atoms with E-state index in [-0.39, 0.29) is 6.42 Å². The smallest absolute Gasteiger partial charge is 0.315 e. The second-order valence-corrected chi connectivity index (χ2v) is 5.75. The number of carboxylic acids is 1. The number of amides is 2. The highest BCUT2D eigenvalue weighted by Gasteiger charge is 2.16. The van der Waals surface area contributed by atoms with Gasteiger partial charge in [0, 0.05) is 30.1 Å². The quantitative estimate of drug-likeness (QED) is 0.633. The molecule has 3 rings (SSSR count). The first kappa shape index (κ1) is 16.6. The minimum Gasteiger partial charge on any atom is -0.548 e. The molecule has 1 aromatic heterocycles. The number of urea groups is 1. The number of carbonyl (C=O) groups is 2. The van der Waals surface area contributed by atoms with Gasteiger partial charge in [0.25, 0.3) is 0 Å². The fourth-order valence-electron chi connectivity index (χ4n) is 2.70. The van der Waals surface area contributed by atoms with Crippen LogP contribution < -0.4 is 15.7 Å². The zero-order valence-corrected chi connectivity index (χ0v) is 13.5. The fourth-order valence-corrected chi connectivity index (χ4v) is 2.70. The highest BCUT2D eigenvalue weighted by molar-refractivity contribution is 5.85. The van der Waals surface area contributed by atoms with Crippen LogP contribution in [0.3, 0.4) is 0 Å². The lowest BCUT2D eigenvalue weighted by Crippen LogP contribution is -2.51. The van der Waals surface area contributed by atoms with E-state index in [1.165, 1.54) is 0 Å². The first-order chi connectivity index (χ1) is 12.1. The number of nitrogens with one attached hydrogen (secondary N) is 3. The van der Waals surface area contributed by atoms with E-state index in [1.807, 2.05) is 54.6 Å². The Kier molecular flexibility index (Phi) is 4.99. The summed E-state index contributed by atoms with van der Waals surface area (Å²) in [4.78, 5) is 26.5. The lowest BCUT2D eigenvalue weighted by atomic mass is 10.1. The van der Waals surface area contributed by atoms with Crippen molar-refractivity contribution >= 4 is 22.9 Å². The van der Waals surface area contributed by atoms with Gasteiger partial charge in [-0.2, -0.15) is 0 Å². The molecule has 6 nitrogen and oxygen atoms in total. The molecule has 6 heteroatoms. The summed E-state index contributed by atoms with van der Waals surface area (Å²) in [7, 11) is 0. The summed E-state index contributed by atoms with van der Waals surface area (Å²) in [5.74, 6) is -1.32. The third-order valence-electron chi connectivity index (χ3n) is 3.98. The molecule has 0 aliphatic carbocycles. The summed E-state index contributed by atoms with van der Waals surface area (Å²) in [5.41, 5.74) is 2.66. The number of fused-ring (bicyclic) bond motifs is 1. The lowest BCUT2D eigenvalue weighted by molar-refractivity contribution is -0.308. The number of hydrogen-bond donors (Lipinski definition) is 3. The number of hydrogen-bond acceptors (Lipinski definition) is 3. The zero-order valence-electron chi connectivity index (χ0n) is 13.5. The van der Waals surface area contributed by atoms with Crippen LogP contribution in [0.5, 0.6) is 0 Å². The van der Waals surface area contributed by atoms with E-state index in [0.29, 0.717) is 6.54 Å². The molecule has 2 aromatic carbocycles. The fraction of sp³-hybridized carbons (Fsp3) is 0.158. The van der Waals surface area contributed by atoms with Crippen LogP contribution in [0.15, 0.2) is 60.8 Å². The predicted molar refractivity (Wildman–Crippen MR) is 92.6 cm³/mol. The van der Waals surface area contributed by atoms with Crippen molar-refractivity contribution < 1.29 is 14.7 Å². The van der Waals surface area contributed by atoms with E-state index in [0.717, 1.165) is 22.0 Å². The number of aromatic amines is 1. The summed E-state index contributed by atoms with van der Waals surface area (Å²) in [5, 5.41) is 17.5. The first-order valence-corrected chi connectivity index (χ1v) is 7.97. The van der Waals surface area contributed by atoms with Gasteiger partial charge in [0.2, 0.25) is 0 Å². The molecule has 0 aliphatic rings. The van der Waals surface area contributed by atoms with Crippen molar-refractivity contribution in [2.75, 3.05) is 0 Å². The SMILES string of the molecule is O=C(NCc1ccccc1)N[C@@H](Cc1c[nH]c2ccccc12)C(=O)[O-]. The van der Waals surface area contributed by atoms with Crippen molar-refractivity contribution in [2.24, 2.45) is 0 Å². The Labute approximate surface area is 144 Å². The van der Waals surface area contributed by atoms with Gasteiger partial charge in [-0.3, -0.25) is 0 Å². The largest absolute Gasteiger partial charge is 0.548 e. The monoisotopic (exact) mass is 336 g/mol. The van der Waals surface area contributed by atoms with E-state index in [9.17, 15) is 14.7 Å². The van der Waals surface area contributed by atoms with Crippen molar-refractivity contribution in [2.45, 2.75) is 19.0 Å². The second-order valence-electron chi connectivity index (χ2n) is 5.75. The number of benzene rings is 2. The molecule has 0 spiro atoms. The van der Waals surface area contributed by atoms with Gasteiger partial charge in [-0.25, -0.2) is 4.79 Å². The topological polar surface area (TPSA) is 97.1 Å². The van der Waals surface area contributed by atoms with E-state index >= 15 is 0 Å². The van der Waals surface area contributed by atoms with Crippen LogP contribution in [0.25, 0.3) is 10.9 Å². The summed E-state index contributed by atoms with van der Waals surface area (Å²) in [6.07, 6.45) is 1.90. The minimum atomic E-state index is -1.32. The molecule has 2 amide bonds. The molecule has 128 valence electrons. The predicted octanol–water partition coefficient (Wildman–Crippen LogP) is 1.33. The molecule has 0 radical (unpaired) electrons. The van der Waals surface area contributed by atoms with Gasteiger partial charge in [0.1, 0.15) is 0 Å². The Bertz CT molecular complexity index is 874. The van der Waals surface area contributed by atoms with Crippen LogP contribution >= 0.6 is 0 Å². The van der Waals surface area contributed by atoms with Gasteiger partial charge in [0.05, 0.1) is 12.0 Å². The van der Waals surface area contributed by atoms with Gasteiger partial charge in [0.15, 0.2) is 0 Å². The molecular weight excluding hydrogens is 318 g/mol. The second kappa shape index (κ2) is 7.53. The molecule has 0 fully saturated rings. The Morgan fingerprint density at radius 3 is 2.52 bits per heavy atom. The van der Waals surface area contributed by atoms with Crippen LogP contribution in [-0.4, -0.2) is 23.0 Å². The Balaban J connectivity index is 1.63. The zero-order chi connectivity index (χ0) is 17.6. The molecule has 0 saturated heterocycles. The van der Waals surface area contributed by atoms with Gasteiger partial charge in [-0.1, -0.05) is 48.5 Å². The highest BCUT2D eigenvalue weighted by atomic mass is 16.4. The van der Waals surface area contributed by atoms with Gasteiger partial charge < -0.3 is 25.5 Å². The average Bonchev–Trinajstić information content (AvgIpc) is 3.03. The Morgan fingerprint density at radius 2 is 1.76 bits per heavy atom. The lowest BCUT2D eigenvalue weighted by Gasteiger charge is -2.20. The normalized spacial score (nSPS) is 11.8. The third-order valence-corrected chi connectivity index (χ3v) is 3.98. The van der Waals surface area contributed by atoms with Crippen molar-refractivity contribution in [3.05, 3.63) is 71.9 Å². The maximum absolute atomic E-state index is 12.0. The molecule has 1 heterocycles. The molecular formula is C19H18N3O3-. The summed E-state index contributed by atoms with van der Waals surface area (Å²) >= 11 is 0. The minimum absolute atomic E-state index is 0.144. The maximum atomic E-state index is 12.0. The standard InChI is InChI=1S/C19H19N3O3/c23-18(24)17(10-14-12-20-16-9-5-4-8-15(14)16)22-19(25)21-11-13-6-2-1-3-7-13/h1-9,12,17,20H,10-11H2,(H,23,24)(H2,21,22,25)/p-1/t17-/m0/s1. The van der Waals surface area contributed by atoms with Crippen LogP contribution in [0.4, 0.5) is 4.79 Å². The average molecular weight is 336 g/mol. The Morgan fingerprint density at radius 1 is 1.04 bits per heavy atom. The van der Waals surface area contributed by atoms with Gasteiger partial charge in [-0.05, 0) is 17.2 Å². The molecule has 0 aliphatic heterocycles. The van der Waals surface area contributed by atoms with E-state index < -0.39 is 18.0 Å². The molecule has 3 aromatic rings. The molecule has 25 heavy (non-hydrogen) atoms. The number of carbonyl (C=O) groups excluding carboxylic acids is 2. The summed E-state index contributed by atoms with van der Waals surface area (Å²) in [6.45, 7) is 0.319. The number of carboxylic acid groups (broad SMARTS) is 1. The van der Waals surface area contributed by atoms with E-state index in [1.54, 1.807) is 6.20 Å². The van der Waals surface area contributed by atoms with E-state index in [2.05, 4.69) is 15.6 Å². The molecule has 3 N–H and O–H groups in total.